The van der Waals surface area contributed by atoms with Crippen LogP contribution in [0.4, 0.5) is 4.79 Å². The minimum Gasteiger partial charge on any atom is -0.341 e. The van der Waals surface area contributed by atoms with Gasteiger partial charge in [-0.1, -0.05) is 30.3 Å². The summed E-state index contributed by atoms with van der Waals surface area (Å²) in [5, 5.41) is 3.00. The number of amides is 3. The maximum absolute atomic E-state index is 12.9. The zero-order chi connectivity index (χ0) is 17.2. The van der Waals surface area contributed by atoms with Crippen LogP contribution in [0.5, 0.6) is 0 Å². The van der Waals surface area contributed by atoms with E-state index in [0.29, 0.717) is 6.54 Å². The Bertz CT molecular complexity index is 604. The van der Waals surface area contributed by atoms with E-state index in [0.717, 1.165) is 44.3 Å². The molecule has 1 aromatic rings. The molecule has 0 aliphatic carbocycles. The maximum atomic E-state index is 12.9. The fourth-order valence-electron chi connectivity index (χ4n) is 4.00. The Hall–Kier alpha value is -2.04. The van der Waals surface area contributed by atoms with Crippen molar-refractivity contribution in [2.75, 3.05) is 19.6 Å². The number of nitrogens with one attached hydrogen (secondary N) is 1. The van der Waals surface area contributed by atoms with Crippen LogP contribution in [-0.4, -0.2) is 47.4 Å². The van der Waals surface area contributed by atoms with Crippen LogP contribution >= 0.6 is 0 Å². The zero-order valence-corrected chi connectivity index (χ0v) is 14.6. The molecule has 0 radical (unpaired) electrons. The molecule has 2 aliphatic rings. The molecular weight excluding hydrogens is 302 g/mol. The Kier molecular flexibility index (Phi) is 4.78. The van der Waals surface area contributed by atoms with E-state index in [4.69, 9.17) is 0 Å². The quantitative estimate of drug-likeness (QED) is 0.927. The monoisotopic (exact) mass is 329 g/mol. The first-order chi connectivity index (χ1) is 11.6. The fraction of sp³-hybridized carbons (Fsp3) is 0.579. The number of piperidine rings is 1. The maximum Gasteiger partial charge on any atom is 0.318 e. The summed E-state index contributed by atoms with van der Waals surface area (Å²) in [6.07, 6.45) is 3.61. The first-order valence-corrected chi connectivity index (χ1v) is 8.98. The molecule has 1 N–H and O–H groups in total. The molecule has 0 bridgehead atoms. The van der Waals surface area contributed by atoms with Crippen molar-refractivity contribution < 1.29 is 9.59 Å². The van der Waals surface area contributed by atoms with Crippen molar-refractivity contribution in [3.8, 4) is 0 Å². The predicted molar refractivity (Wildman–Crippen MR) is 93.5 cm³/mol. The van der Waals surface area contributed by atoms with E-state index in [1.165, 1.54) is 0 Å². The van der Waals surface area contributed by atoms with Gasteiger partial charge in [-0.2, -0.15) is 0 Å². The summed E-state index contributed by atoms with van der Waals surface area (Å²) in [6, 6.07) is 9.68. The van der Waals surface area contributed by atoms with Gasteiger partial charge in [0.2, 0.25) is 5.91 Å². The molecule has 3 rings (SSSR count). The zero-order valence-electron chi connectivity index (χ0n) is 14.6. The summed E-state index contributed by atoms with van der Waals surface area (Å²) in [4.78, 5) is 29.0. The Labute approximate surface area is 144 Å². The van der Waals surface area contributed by atoms with Crippen LogP contribution < -0.4 is 5.32 Å². The lowest BCUT2D eigenvalue weighted by Crippen LogP contribution is -2.56. The van der Waals surface area contributed by atoms with Gasteiger partial charge in [-0.25, -0.2) is 4.79 Å². The van der Waals surface area contributed by atoms with Crippen LogP contribution in [0.3, 0.4) is 0 Å². The molecular formula is C19H27N3O2. The molecule has 130 valence electrons. The topological polar surface area (TPSA) is 52.7 Å². The number of nitrogens with zero attached hydrogens (tertiary/aromatic N) is 2. The smallest absolute Gasteiger partial charge is 0.318 e. The number of hydrogen-bond acceptors (Lipinski definition) is 2. The molecule has 0 saturated carbocycles. The summed E-state index contributed by atoms with van der Waals surface area (Å²) in [7, 11) is 0. The number of hydrogen-bond donors (Lipinski definition) is 1. The van der Waals surface area contributed by atoms with Crippen molar-refractivity contribution in [3.63, 3.8) is 0 Å². The van der Waals surface area contributed by atoms with Gasteiger partial charge in [-0.3, -0.25) is 4.79 Å². The molecule has 2 aliphatic heterocycles. The van der Waals surface area contributed by atoms with E-state index < -0.39 is 0 Å². The highest BCUT2D eigenvalue weighted by atomic mass is 16.2. The van der Waals surface area contributed by atoms with Gasteiger partial charge < -0.3 is 15.1 Å². The summed E-state index contributed by atoms with van der Waals surface area (Å²) < 4.78 is 0. The van der Waals surface area contributed by atoms with Gasteiger partial charge in [-0.15, -0.1) is 0 Å². The molecule has 0 spiro atoms. The summed E-state index contributed by atoms with van der Waals surface area (Å²) in [5.74, 6) is 0.0534. The second-order valence-electron chi connectivity index (χ2n) is 6.96. The molecule has 3 amide bonds. The Morgan fingerprint density at radius 2 is 2.00 bits per heavy atom. The van der Waals surface area contributed by atoms with E-state index in [1.807, 2.05) is 34.9 Å². The normalized spacial score (nSPS) is 27.4. The summed E-state index contributed by atoms with van der Waals surface area (Å²) in [6.45, 7) is 6.34. The van der Waals surface area contributed by atoms with Gasteiger partial charge in [0.1, 0.15) is 6.04 Å². The van der Waals surface area contributed by atoms with Crippen molar-refractivity contribution in [2.24, 2.45) is 0 Å². The number of benzene rings is 1. The fourth-order valence-corrected chi connectivity index (χ4v) is 4.00. The van der Waals surface area contributed by atoms with E-state index >= 15 is 0 Å². The van der Waals surface area contributed by atoms with Crippen molar-refractivity contribution in [1.29, 1.82) is 0 Å². The van der Waals surface area contributed by atoms with Crippen LogP contribution in [0.25, 0.3) is 0 Å². The summed E-state index contributed by atoms with van der Waals surface area (Å²) in [5.41, 5.74) is 0.857. The molecule has 2 atom stereocenters. The second-order valence-corrected chi connectivity index (χ2v) is 6.96. The van der Waals surface area contributed by atoms with Gasteiger partial charge in [0, 0.05) is 19.6 Å². The highest BCUT2D eigenvalue weighted by molar-refractivity contribution is 5.88. The largest absolute Gasteiger partial charge is 0.341 e. The molecule has 0 aromatic heterocycles. The van der Waals surface area contributed by atoms with Gasteiger partial charge in [0.25, 0.3) is 0 Å². The van der Waals surface area contributed by atoms with Crippen LogP contribution in [0.15, 0.2) is 30.3 Å². The number of carbonyl (C=O) groups excluding carboxylic acids is 2. The summed E-state index contributed by atoms with van der Waals surface area (Å²) >= 11 is 0. The van der Waals surface area contributed by atoms with E-state index in [2.05, 4.69) is 24.4 Å². The first kappa shape index (κ1) is 16.8. The number of urea groups is 1. The van der Waals surface area contributed by atoms with Crippen LogP contribution in [-0.2, 0) is 10.3 Å². The predicted octanol–water partition coefficient (Wildman–Crippen LogP) is 2.72. The Morgan fingerprint density at radius 1 is 1.25 bits per heavy atom. The highest BCUT2D eigenvalue weighted by Crippen LogP contribution is 2.38. The standard InChI is InChI=1S/C19H27N3O2/c1-3-21-13-7-11-16(17(21)23)20-18(24)22-14-8-12-19(22,2)15-9-5-4-6-10-15/h4-6,9-10,16H,3,7-8,11-14H2,1-2H3,(H,20,24). The van der Waals surface area contributed by atoms with Crippen molar-refractivity contribution in [1.82, 2.24) is 15.1 Å². The molecule has 2 heterocycles. The lowest BCUT2D eigenvalue weighted by atomic mass is 9.89. The minimum atomic E-state index is -0.383. The first-order valence-electron chi connectivity index (χ1n) is 8.98. The number of rotatable bonds is 3. The lowest BCUT2D eigenvalue weighted by molar-refractivity contribution is -0.135. The van der Waals surface area contributed by atoms with Crippen LogP contribution in [0, 0.1) is 0 Å². The molecule has 2 fully saturated rings. The van der Waals surface area contributed by atoms with E-state index in [1.54, 1.807) is 0 Å². The van der Waals surface area contributed by atoms with Crippen molar-refractivity contribution in [2.45, 2.75) is 51.1 Å². The Balaban J connectivity index is 1.73. The number of likely N-dealkylation sites (tertiary alicyclic amines) is 2. The number of likely N-dealkylation sites (N-methyl/N-ethyl adjacent to an activating group) is 1. The lowest BCUT2D eigenvalue weighted by Gasteiger charge is -2.38. The SMILES string of the molecule is CCN1CCCC(NC(=O)N2CCCC2(C)c2ccccc2)C1=O. The van der Waals surface area contributed by atoms with Crippen molar-refractivity contribution >= 4 is 11.9 Å². The molecule has 5 heteroatoms. The average Bonchev–Trinajstić information content (AvgIpc) is 3.01. The molecule has 1 aromatic carbocycles. The molecule has 2 unspecified atom stereocenters. The Morgan fingerprint density at radius 3 is 2.71 bits per heavy atom. The van der Waals surface area contributed by atoms with E-state index in [9.17, 15) is 9.59 Å². The third-order valence-electron chi connectivity index (χ3n) is 5.49. The van der Waals surface area contributed by atoms with Crippen molar-refractivity contribution in [3.05, 3.63) is 35.9 Å². The third kappa shape index (κ3) is 2.99. The molecule has 5 nitrogen and oxygen atoms in total. The third-order valence-corrected chi connectivity index (χ3v) is 5.49. The van der Waals surface area contributed by atoms with Crippen LogP contribution in [0.1, 0.15) is 45.1 Å². The molecule has 24 heavy (non-hydrogen) atoms. The van der Waals surface area contributed by atoms with E-state index in [-0.39, 0.29) is 23.5 Å². The highest BCUT2D eigenvalue weighted by Gasteiger charge is 2.42. The average molecular weight is 329 g/mol. The van der Waals surface area contributed by atoms with Gasteiger partial charge in [-0.05, 0) is 45.1 Å². The number of carbonyl (C=O) groups is 2. The molecule has 2 saturated heterocycles. The van der Waals surface area contributed by atoms with Gasteiger partial charge in [0.15, 0.2) is 0 Å². The van der Waals surface area contributed by atoms with Gasteiger partial charge >= 0.3 is 6.03 Å². The second kappa shape index (κ2) is 6.83. The van der Waals surface area contributed by atoms with Crippen LogP contribution in [0.2, 0.25) is 0 Å². The van der Waals surface area contributed by atoms with Gasteiger partial charge in [0.05, 0.1) is 5.54 Å². The minimum absolute atomic E-state index is 0.0534.